The zero-order valence-electron chi connectivity index (χ0n) is 17.9. The van der Waals surface area contributed by atoms with Crippen LogP contribution in [-0.4, -0.2) is 38.3 Å². The Morgan fingerprint density at radius 1 is 1.16 bits per heavy atom. The SMILES string of the molecule is CCOc1ccc(S(=O)(=O)N(CC)CC)cc1NC(=O)c1sc2cccc(F)c2c1C. The number of aryl methyl sites for hydroxylation is 1. The Kier molecular flexibility index (Phi) is 6.98. The molecule has 3 aromatic rings. The van der Waals surface area contributed by atoms with Crippen molar-refractivity contribution < 1.29 is 22.3 Å². The summed E-state index contributed by atoms with van der Waals surface area (Å²) in [6.45, 7) is 8.04. The number of carbonyl (C=O) groups excluding carboxylic acids is 1. The monoisotopic (exact) mass is 464 g/mol. The third-order valence-corrected chi connectivity index (χ3v) is 8.25. The summed E-state index contributed by atoms with van der Waals surface area (Å²) in [4.78, 5) is 13.5. The maximum absolute atomic E-state index is 14.2. The number of carbonyl (C=O) groups is 1. The number of amides is 1. The highest BCUT2D eigenvalue weighted by atomic mass is 32.2. The van der Waals surface area contributed by atoms with Gasteiger partial charge < -0.3 is 10.1 Å². The van der Waals surface area contributed by atoms with Gasteiger partial charge in [-0.1, -0.05) is 19.9 Å². The molecule has 0 aliphatic rings. The molecule has 0 radical (unpaired) electrons. The van der Waals surface area contributed by atoms with E-state index in [-0.39, 0.29) is 16.4 Å². The lowest BCUT2D eigenvalue weighted by Crippen LogP contribution is -2.30. The van der Waals surface area contributed by atoms with E-state index in [0.29, 0.717) is 46.0 Å². The number of thiophene rings is 1. The van der Waals surface area contributed by atoms with Gasteiger partial charge >= 0.3 is 0 Å². The quantitative estimate of drug-likeness (QED) is 0.507. The van der Waals surface area contributed by atoms with Crippen molar-refractivity contribution in [2.45, 2.75) is 32.6 Å². The van der Waals surface area contributed by atoms with E-state index in [4.69, 9.17) is 4.74 Å². The molecule has 2 aromatic carbocycles. The van der Waals surface area contributed by atoms with E-state index in [1.165, 1.54) is 39.9 Å². The number of fused-ring (bicyclic) bond motifs is 1. The Hall–Kier alpha value is -2.49. The molecule has 166 valence electrons. The average Bonchev–Trinajstić information content (AvgIpc) is 3.08. The smallest absolute Gasteiger partial charge is 0.266 e. The molecule has 0 aliphatic heterocycles. The van der Waals surface area contributed by atoms with Gasteiger partial charge in [-0.3, -0.25) is 4.79 Å². The van der Waals surface area contributed by atoms with Crippen LogP contribution in [-0.2, 0) is 10.0 Å². The Balaban J connectivity index is 2.03. The van der Waals surface area contributed by atoms with E-state index in [9.17, 15) is 17.6 Å². The van der Waals surface area contributed by atoms with Crippen LogP contribution >= 0.6 is 11.3 Å². The van der Waals surface area contributed by atoms with Crippen LogP contribution in [0.3, 0.4) is 0 Å². The highest BCUT2D eigenvalue weighted by Crippen LogP contribution is 2.35. The first-order chi connectivity index (χ1) is 14.7. The maximum atomic E-state index is 14.2. The van der Waals surface area contributed by atoms with E-state index < -0.39 is 15.9 Å². The molecule has 0 saturated carbocycles. The predicted octanol–water partition coefficient (Wildman–Crippen LogP) is 5.03. The predicted molar refractivity (Wildman–Crippen MR) is 122 cm³/mol. The molecule has 1 heterocycles. The molecule has 0 saturated heterocycles. The van der Waals surface area contributed by atoms with Crippen molar-refractivity contribution in [2.75, 3.05) is 25.0 Å². The number of anilines is 1. The van der Waals surface area contributed by atoms with Crippen molar-refractivity contribution in [2.24, 2.45) is 0 Å². The molecule has 9 heteroatoms. The topological polar surface area (TPSA) is 75.7 Å². The molecule has 0 unspecified atom stereocenters. The first-order valence-corrected chi connectivity index (χ1v) is 12.3. The van der Waals surface area contributed by atoms with Gasteiger partial charge in [0, 0.05) is 23.2 Å². The van der Waals surface area contributed by atoms with Gasteiger partial charge in [-0.2, -0.15) is 4.31 Å². The van der Waals surface area contributed by atoms with E-state index in [2.05, 4.69) is 5.32 Å². The first-order valence-electron chi connectivity index (χ1n) is 10.0. The summed E-state index contributed by atoms with van der Waals surface area (Å²) >= 11 is 1.19. The van der Waals surface area contributed by atoms with Crippen LogP contribution < -0.4 is 10.1 Å². The lowest BCUT2D eigenvalue weighted by atomic mass is 10.1. The minimum Gasteiger partial charge on any atom is -0.492 e. The van der Waals surface area contributed by atoms with Crippen molar-refractivity contribution in [3.8, 4) is 5.75 Å². The minimum atomic E-state index is -3.71. The largest absolute Gasteiger partial charge is 0.492 e. The minimum absolute atomic E-state index is 0.0639. The summed E-state index contributed by atoms with van der Waals surface area (Å²) in [7, 11) is -3.71. The van der Waals surface area contributed by atoms with Crippen LogP contribution in [0.2, 0.25) is 0 Å². The second-order valence-electron chi connectivity index (χ2n) is 6.80. The van der Waals surface area contributed by atoms with E-state index in [0.717, 1.165) is 0 Å². The second kappa shape index (κ2) is 9.33. The zero-order valence-corrected chi connectivity index (χ0v) is 19.5. The number of rotatable bonds is 8. The molecule has 1 amide bonds. The summed E-state index contributed by atoms with van der Waals surface area (Å²) in [6, 6.07) is 9.12. The number of nitrogens with one attached hydrogen (secondary N) is 1. The van der Waals surface area contributed by atoms with Gasteiger partial charge in [0.2, 0.25) is 10.0 Å². The fourth-order valence-corrected chi connectivity index (χ4v) is 6.01. The number of hydrogen-bond donors (Lipinski definition) is 1. The van der Waals surface area contributed by atoms with Crippen LogP contribution in [0.5, 0.6) is 5.75 Å². The average molecular weight is 465 g/mol. The third-order valence-electron chi connectivity index (χ3n) is 4.95. The van der Waals surface area contributed by atoms with Gasteiger partial charge in [-0.25, -0.2) is 12.8 Å². The fraction of sp³-hybridized carbons (Fsp3) is 0.318. The molecule has 31 heavy (non-hydrogen) atoms. The third kappa shape index (κ3) is 4.44. The number of hydrogen-bond acceptors (Lipinski definition) is 5. The fourth-order valence-electron chi connectivity index (χ4n) is 3.41. The van der Waals surface area contributed by atoms with Crippen molar-refractivity contribution in [1.29, 1.82) is 0 Å². The Labute approximate surface area is 185 Å². The number of sulfonamides is 1. The summed E-state index contributed by atoms with van der Waals surface area (Å²) in [6.07, 6.45) is 0. The van der Waals surface area contributed by atoms with Crippen molar-refractivity contribution in [1.82, 2.24) is 4.31 Å². The maximum Gasteiger partial charge on any atom is 0.266 e. The Bertz CT molecular complexity index is 1220. The van der Waals surface area contributed by atoms with Gasteiger partial charge in [-0.05, 0) is 49.7 Å². The Morgan fingerprint density at radius 2 is 1.87 bits per heavy atom. The van der Waals surface area contributed by atoms with Gasteiger partial charge in [-0.15, -0.1) is 11.3 Å². The van der Waals surface area contributed by atoms with Crippen molar-refractivity contribution >= 4 is 43.0 Å². The molecule has 0 fully saturated rings. The standard InChI is InChI=1S/C22H25FN2O4S2/c1-5-25(6-2)31(27,28)15-11-12-18(29-7-3)17(13-15)24-22(26)21-14(4)20-16(23)9-8-10-19(20)30-21/h8-13H,5-7H2,1-4H3,(H,24,26). The van der Waals surface area contributed by atoms with Crippen LogP contribution in [0.4, 0.5) is 10.1 Å². The molecule has 0 aliphatic carbocycles. The van der Waals surface area contributed by atoms with Gasteiger partial charge in [0.05, 0.1) is 22.1 Å². The molecule has 1 N–H and O–H groups in total. The molecular weight excluding hydrogens is 439 g/mol. The van der Waals surface area contributed by atoms with E-state index in [1.807, 2.05) is 0 Å². The highest BCUT2D eigenvalue weighted by molar-refractivity contribution is 7.89. The van der Waals surface area contributed by atoms with Crippen LogP contribution in [0.15, 0.2) is 41.3 Å². The molecule has 1 aromatic heterocycles. The number of nitrogens with zero attached hydrogens (tertiary/aromatic N) is 1. The van der Waals surface area contributed by atoms with Crippen LogP contribution in [0.25, 0.3) is 10.1 Å². The summed E-state index contributed by atoms with van der Waals surface area (Å²) in [5, 5.41) is 3.18. The number of halogens is 1. The Morgan fingerprint density at radius 3 is 2.48 bits per heavy atom. The zero-order chi connectivity index (χ0) is 22.8. The second-order valence-corrected chi connectivity index (χ2v) is 9.79. The van der Waals surface area contributed by atoms with E-state index >= 15 is 0 Å². The molecule has 0 bridgehead atoms. The number of ether oxygens (including phenoxy) is 1. The lowest BCUT2D eigenvalue weighted by molar-refractivity contribution is 0.102. The molecule has 0 atom stereocenters. The molecular formula is C22H25FN2O4S2. The molecule has 3 rings (SSSR count). The van der Waals surface area contributed by atoms with Crippen LogP contribution in [0.1, 0.15) is 36.0 Å². The normalized spacial score (nSPS) is 11.8. The van der Waals surface area contributed by atoms with Crippen molar-refractivity contribution in [3.63, 3.8) is 0 Å². The van der Waals surface area contributed by atoms with Gasteiger partial charge in [0.15, 0.2) is 0 Å². The molecule has 0 spiro atoms. The molecule has 6 nitrogen and oxygen atoms in total. The summed E-state index contributed by atoms with van der Waals surface area (Å²) in [5.41, 5.74) is 0.790. The van der Waals surface area contributed by atoms with E-state index in [1.54, 1.807) is 39.8 Å². The first kappa shape index (κ1) is 23.2. The van der Waals surface area contributed by atoms with Crippen molar-refractivity contribution in [3.05, 3.63) is 52.7 Å². The van der Waals surface area contributed by atoms with Gasteiger partial charge in [0.1, 0.15) is 11.6 Å². The lowest BCUT2D eigenvalue weighted by Gasteiger charge is -2.20. The van der Waals surface area contributed by atoms with Gasteiger partial charge in [0.25, 0.3) is 5.91 Å². The number of benzene rings is 2. The summed E-state index contributed by atoms with van der Waals surface area (Å²) in [5.74, 6) is -0.469. The van der Waals surface area contributed by atoms with Crippen LogP contribution in [0, 0.1) is 12.7 Å². The highest BCUT2D eigenvalue weighted by Gasteiger charge is 2.24. The summed E-state index contributed by atoms with van der Waals surface area (Å²) < 4.78 is 47.6.